The minimum absolute atomic E-state index is 0.00334. The zero-order valence-electron chi connectivity index (χ0n) is 7.60. The maximum atomic E-state index is 11.0. The van der Waals surface area contributed by atoms with E-state index in [1.807, 2.05) is 12.1 Å². The minimum Gasteiger partial charge on any atom is -0.293 e. The molecule has 2 rings (SSSR count). The highest BCUT2D eigenvalue weighted by Crippen LogP contribution is 2.22. The van der Waals surface area contributed by atoms with Gasteiger partial charge >= 0.3 is 0 Å². The molecule has 2 heterocycles. The first kappa shape index (κ1) is 9.02. The molecule has 0 aliphatic heterocycles. The number of aromatic nitrogens is 2. The molecule has 0 aliphatic carbocycles. The van der Waals surface area contributed by atoms with Gasteiger partial charge in [-0.05, 0) is 12.1 Å². The minimum atomic E-state index is -0.00334. The summed E-state index contributed by atoms with van der Waals surface area (Å²) in [5.41, 5.74) is 1.47. The maximum Gasteiger partial charge on any atom is 0.178 e. The van der Waals surface area contributed by atoms with Gasteiger partial charge in [0.25, 0.3) is 0 Å². The number of thiazole rings is 1. The van der Waals surface area contributed by atoms with E-state index in [0.29, 0.717) is 5.69 Å². The topological polar surface area (TPSA) is 42.9 Å². The van der Waals surface area contributed by atoms with Crippen LogP contribution < -0.4 is 0 Å². The Labute approximate surface area is 85.5 Å². The van der Waals surface area contributed by atoms with Crippen molar-refractivity contribution >= 4 is 17.1 Å². The first-order valence-corrected chi connectivity index (χ1v) is 5.02. The second kappa shape index (κ2) is 3.67. The number of pyridine rings is 1. The smallest absolute Gasteiger partial charge is 0.178 e. The van der Waals surface area contributed by atoms with E-state index < -0.39 is 0 Å². The molecule has 0 saturated heterocycles. The Hall–Kier alpha value is -1.55. The lowest BCUT2D eigenvalue weighted by atomic mass is 10.3. The van der Waals surface area contributed by atoms with Gasteiger partial charge in [-0.15, -0.1) is 11.3 Å². The Bertz CT molecular complexity index is 450. The summed E-state index contributed by atoms with van der Waals surface area (Å²) >= 11 is 1.46. The van der Waals surface area contributed by atoms with Crippen LogP contribution in [0, 0.1) is 0 Å². The molecule has 4 heteroatoms. The lowest BCUT2D eigenvalue weighted by Gasteiger charge is -1.92. The summed E-state index contributed by atoms with van der Waals surface area (Å²) in [5.74, 6) is -0.00334. The first-order valence-electron chi connectivity index (χ1n) is 4.14. The van der Waals surface area contributed by atoms with Crippen molar-refractivity contribution < 1.29 is 4.79 Å². The molecule has 70 valence electrons. The van der Waals surface area contributed by atoms with E-state index in [1.54, 1.807) is 17.8 Å². The highest BCUT2D eigenvalue weighted by molar-refractivity contribution is 7.13. The molecular weight excluding hydrogens is 196 g/mol. The van der Waals surface area contributed by atoms with Crippen LogP contribution in [0.1, 0.15) is 17.4 Å². The molecule has 0 saturated carbocycles. The van der Waals surface area contributed by atoms with Gasteiger partial charge < -0.3 is 0 Å². The van der Waals surface area contributed by atoms with E-state index in [0.717, 1.165) is 10.6 Å². The molecule has 0 fully saturated rings. The van der Waals surface area contributed by atoms with Crippen molar-refractivity contribution in [2.45, 2.75) is 6.92 Å². The van der Waals surface area contributed by atoms with E-state index in [2.05, 4.69) is 9.97 Å². The number of hydrogen-bond acceptors (Lipinski definition) is 4. The molecule has 0 aromatic carbocycles. The van der Waals surface area contributed by atoms with E-state index in [1.165, 1.54) is 18.3 Å². The Kier molecular flexibility index (Phi) is 2.37. The molecule has 0 aliphatic rings. The summed E-state index contributed by atoms with van der Waals surface area (Å²) in [7, 11) is 0. The van der Waals surface area contributed by atoms with Crippen LogP contribution in [0.3, 0.4) is 0 Å². The molecule has 0 atom stereocenters. The Morgan fingerprint density at radius 3 is 2.93 bits per heavy atom. The Morgan fingerprint density at radius 1 is 1.50 bits per heavy atom. The van der Waals surface area contributed by atoms with E-state index in [9.17, 15) is 4.79 Å². The molecule has 0 N–H and O–H groups in total. The summed E-state index contributed by atoms with van der Waals surface area (Å²) in [6.45, 7) is 1.52. The van der Waals surface area contributed by atoms with Crippen LogP contribution in [0.5, 0.6) is 0 Å². The lowest BCUT2D eigenvalue weighted by molar-refractivity contribution is 0.101. The van der Waals surface area contributed by atoms with Crippen molar-refractivity contribution in [3.63, 3.8) is 0 Å². The highest BCUT2D eigenvalue weighted by atomic mass is 32.1. The molecule has 2 aromatic heterocycles. The normalized spacial score (nSPS) is 10.1. The first-order chi connectivity index (χ1) is 6.77. The largest absolute Gasteiger partial charge is 0.293 e. The molecule has 0 bridgehead atoms. The average Bonchev–Trinajstić information content (AvgIpc) is 2.68. The molecule has 0 spiro atoms. The quantitative estimate of drug-likeness (QED) is 0.705. The molecule has 14 heavy (non-hydrogen) atoms. The van der Waals surface area contributed by atoms with Gasteiger partial charge in [0.2, 0.25) is 0 Å². The van der Waals surface area contributed by atoms with Crippen molar-refractivity contribution in [2.24, 2.45) is 0 Å². The van der Waals surface area contributed by atoms with Gasteiger partial charge in [-0.3, -0.25) is 9.78 Å². The summed E-state index contributed by atoms with van der Waals surface area (Å²) in [6.07, 6.45) is 3.45. The van der Waals surface area contributed by atoms with Crippen molar-refractivity contribution in [3.8, 4) is 10.6 Å². The van der Waals surface area contributed by atoms with Crippen molar-refractivity contribution in [2.75, 3.05) is 0 Å². The zero-order chi connectivity index (χ0) is 9.97. The summed E-state index contributed by atoms with van der Waals surface area (Å²) in [4.78, 5) is 19.2. The van der Waals surface area contributed by atoms with Gasteiger partial charge in [-0.2, -0.15) is 0 Å². The summed E-state index contributed by atoms with van der Waals surface area (Å²) < 4.78 is 0. The molecule has 2 aromatic rings. The van der Waals surface area contributed by atoms with E-state index >= 15 is 0 Å². The van der Waals surface area contributed by atoms with Gasteiger partial charge in [0.05, 0.1) is 0 Å². The number of carbonyl (C=O) groups excluding carboxylic acids is 1. The SMILES string of the molecule is CC(=O)c1csc(-c2cccnc2)n1. The van der Waals surface area contributed by atoms with Crippen LogP contribution in [0.4, 0.5) is 0 Å². The van der Waals surface area contributed by atoms with Crippen LogP contribution in [0.25, 0.3) is 10.6 Å². The average molecular weight is 204 g/mol. The van der Waals surface area contributed by atoms with Crippen LogP contribution >= 0.6 is 11.3 Å². The molecule has 0 radical (unpaired) electrons. The third-order valence-corrected chi connectivity index (χ3v) is 2.66. The number of nitrogens with zero attached hydrogens (tertiary/aromatic N) is 2. The van der Waals surface area contributed by atoms with Gasteiger partial charge in [0, 0.05) is 30.3 Å². The molecule has 3 nitrogen and oxygen atoms in total. The van der Waals surface area contributed by atoms with Gasteiger partial charge in [-0.25, -0.2) is 4.98 Å². The standard InChI is InChI=1S/C10H8N2OS/c1-7(13)9-6-14-10(12-9)8-3-2-4-11-5-8/h2-6H,1H3. The second-order valence-electron chi connectivity index (χ2n) is 2.84. The fraction of sp³-hybridized carbons (Fsp3) is 0.100. The summed E-state index contributed by atoms with van der Waals surface area (Å²) in [6, 6.07) is 3.78. The zero-order valence-corrected chi connectivity index (χ0v) is 8.41. The van der Waals surface area contributed by atoms with Crippen LogP contribution in [0.2, 0.25) is 0 Å². The molecule has 0 amide bonds. The van der Waals surface area contributed by atoms with Gasteiger partial charge in [-0.1, -0.05) is 0 Å². The monoisotopic (exact) mass is 204 g/mol. The van der Waals surface area contributed by atoms with Crippen molar-refractivity contribution in [1.82, 2.24) is 9.97 Å². The highest BCUT2D eigenvalue weighted by Gasteiger charge is 2.07. The fourth-order valence-corrected chi connectivity index (χ4v) is 1.91. The van der Waals surface area contributed by atoms with Crippen molar-refractivity contribution in [3.05, 3.63) is 35.6 Å². The third-order valence-electron chi connectivity index (χ3n) is 1.77. The lowest BCUT2D eigenvalue weighted by Crippen LogP contribution is -1.91. The third kappa shape index (κ3) is 1.70. The molecular formula is C10H8N2OS. The van der Waals surface area contributed by atoms with Crippen LogP contribution in [-0.4, -0.2) is 15.8 Å². The van der Waals surface area contributed by atoms with Crippen LogP contribution in [0.15, 0.2) is 29.9 Å². The Morgan fingerprint density at radius 2 is 2.36 bits per heavy atom. The number of carbonyl (C=O) groups is 1. The Balaban J connectivity index is 2.39. The fourth-order valence-electron chi connectivity index (χ4n) is 1.06. The molecule has 0 unspecified atom stereocenters. The summed E-state index contributed by atoms with van der Waals surface area (Å²) in [5, 5.41) is 2.60. The predicted molar refractivity (Wildman–Crippen MR) is 55.3 cm³/mol. The van der Waals surface area contributed by atoms with Gasteiger partial charge in [0.15, 0.2) is 5.78 Å². The number of rotatable bonds is 2. The van der Waals surface area contributed by atoms with E-state index in [-0.39, 0.29) is 5.78 Å². The predicted octanol–water partition coefficient (Wildman–Crippen LogP) is 2.41. The number of hydrogen-bond donors (Lipinski definition) is 0. The number of ketones is 1. The second-order valence-corrected chi connectivity index (χ2v) is 3.69. The van der Waals surface area contributed by atoms with Crippen molar-refractivity contribution in [1.29, 1.82) is 0 Å². The van der Waals surface area contributed by atoms with Crippen LogP contribution in [-0.2, 0) is 0 Å². The van der Waals surface area contributed by atoms with Gasteiger partial charge in [0.1, 0.15) is 10.7 Å². The van der Waals surface area contributed by atoms with E-state index in [4.69, 9.17) is 0 Å². The maximum absolute atomic E-state index is 11.0. The number of Topliss-reactive ketones (excluding diaryl/α,β-unsaturated/α-hetero) is 1.